The Kier molecular flexibility index (Phi) is 4.95. The predicted octanol–water partition coefficient (Wildman–Crippen LogP) is 2.88. The summed E-state index contributed by atoms with van der Waals surface area (Å²) in [6, 6.07) is 5.73. The van der Waals surface area contributed by atoms with Crippen molar-refractivity contribution in [2.24, 2.45) is 0 Å². The topological polar surface area (TPSA) is 96.2 Å². The number of hydrogen-bond acceptors (Lipinski definition) is 6. The summed E-state index contributed by atoms with van der Waals surface area (Å²) in [5, 5.41) is 13.1. The maximum absolute atomic E-state index is 12.7. The van der Waals surface area contributed by atoms with Gasteiger partial charge in [0, 0.05) is 37.9 Å². The van der Waals surface area contributed by atoms with Crippen LogP contribution in [0.3, 0.4) is 0 Å². The Balaban J connectivity index is 1.74. The highest BCUT2D eigenvalue weighted by atomic mass is 16.3. The summed E-state index contributed by atoms with van der Waals surface area (Å²) in [5.74, 6) is 0.999. The van der Waals surface area contributed by atoms with E-state index in [1.165, 1.54) is 0 Å². The fourth-order valence-electron chi connectivity index (χ4n) is 3.70. The van der Waals surface area contributed by atoms with Crippen LogP contribution in [-0.2, 0) is 6.61 Å². The molecular formula is C20H24N6O2. The molecule has 0 bridgehead atoms. The number of aromatic nitrogens is 4. The van der Waals surface area contributed by atoms with Crippen molar-refractivity contribution in [2.75, 3.05) is 19.4 Å². The number of nitrogens with one attached hydrogen (secondary N) is 1. The van der Waals surface area contributed by atoms with Gasteiger partial charge in [0.05, 0.1) is 6.61 Å². The Morgan fingerprint density at radius 2 is 2.04 bits per heavy atom. The average molecular weight is 380 g/mol. The number of carbonyl (C=O) groups is 1. The minimum absolute atomic E-state index is 0.0272. The highest BCUT2D eigenvalue weighted by Gasteiger charge is 2.26. The van der Waals surface area contributed by atoms with Crippen LogP contribution in [0.15, 0.2) is 30.6 Å². The largest absolute Gasteiger partial charge is 0.392 e. The van der Waals surface area contributed by atoms with E-state index in [9.17, 15) is 4.79 Å². The number of aliphatic hydroxyl groups excluding tert-OH is 1. The van der Waals surface area contributed by atoms with E-state index in [-0.39, 0.29) is 18.6 Å². The Morgan fingerprint density at radius 3 is 2.68 bits per heavy atom. The molecule has 3 heterocycles. The van der Waals surface area contributed by atoms with Gasteiger partial charge < -0.3 is 19.9 Å². The maximum Gasteiger partial charge on any atom is 0.270 e. The van der Waals surface area contributed by atoms with Gasteiger partial charge >= 0.3 is 0 Å². The lowest BCUT2D eigenvalue weighted by atomic mass is 10.2. The molecule has 8 nitrogen and oxygen atoms in total. The molecule has 1 aliphatic rings. The second-order valence-electron chi connectivity index (χ2n) is 7.34. The molecule has 0 saturated heterocycles. The van der Waals surface area contributed by atoms with E-state index >= 15 is 0 Å². The minimum Gasteiger partial charge on any atom is -0.392 e. The minimum atomic E-state index is -0.0483. The SMILES string of the molecule is CN(C)C(=O)c1cc2cnc(Nc3ccc(CO)cn3)nc2n1C1CCCC1. The standard InChI is InChI=1S/C20H24N6O2/c1-25(2)19(28)16-9-14-11-22-20(23-17-8-7-13(12-27)10-21-17)24-18(14)26(16)15-5-3-4-6-15/h7-11,15,27H,3-6,12H2,1-2H3,(H,21,22,23,24). The summed E-state index contributed by atoms with van der Waals surface area (Å²) >= 11 is 0. The molecule has 3 aromatic heterocycles. The molecular weight excluding hydrogens is 356 g/mol. The number of carbonyl (C=O) groups excluding carboxylic acids is 1. The van der Waals surface area contributed by atoms with Gasteiger partial charge in [0.2, 0.25) is 5.95 Å². The third kappa shape index (κ3) is 3.43. The molecule has 4 rings (SSSR count). The van der Waals surface area contributed by atoms with E-state index < -0.39 is 0 Å². The first kappa shape index (κ1) is 18.4. The van der Waals surface area contributed by atoms with Gasteiger partial charge in [-0.1, -0.05) is 18.9 Å². The van der Waals surface area contributed by atoms with Gasteiger partial charge in [-0.25, -0.2) is 9.97 Å². The molecule has 1 amide bonds. The zero-order valence-electron chi connectivity index (χ0n) is 16.1. The molecule has 1 fully saturated rings. The number of aliphatic hydroxyl groups is 1. The molecule has 1 aliphatic carbocycles. The first-order chi connectivity index (χ1) is 13.6. The van der Waals surface area contributed by atoms with E-state index in [0.717, 1.165) is 42.3 Å². The van der Waals surface area contributed by atoms with E-state index in [1.54, 1.807) is 43.5 Å². The summed E-state index contributed by atoms with van der Waals surface area (Å²) in [6.45, 7) is -0.0483. The molecule has 8 heteroatoms. The first-order valence-corrected chi connectivity index (χ1v) is 9.49. The summed E-state index contributed by atoms with van der Waals surface area (Å²) in [6.07, 6.45) is 7.78. The highest BCUT2D eigenvalue weighted by molar-refractivity contribution is 5.97. The molecule has 0 unspecified atom stereocenters. The van der Waals surface area contributed by atoms with Gasteiger partial charge in [-0.2, -0.15) is 4.98 Å². The van der Waals surface area contributed by atoms with E-state index in [2.05, 4.69) is 19.9 Å². The van der Waals surface area contributed by atoms with Gasteiger partial charge in [0.15, 0.2) is 0 Å². The number of rotatable bonds is 5. The normalized spacial score (nSPS) is 14.5. The zero-order chi connectivity index (χ0) is 19.7. The number of nitrogens with zero attached hydrogens (tertiary/aromatic N) is 5. The summed E-state index contributed by atoms with van der Waals surface area (Å²) < 4.78 is 2.08. The van der Waals surface area contributed by atoms with Crippen LogP contribution in [0.1, 0.15) is 47.8 Å². The Labute approximate surface area is 163 Å². The van der Waals surface area contributed by atoms with Crippen molar-refractivity contribution in [1.82, 2.24) is 24.4 Å². The van der Waals surface area contributed by atoms with Gasteiger partial charge in [0.1, 0.15) is 17.2 Å². The van der Waals surface area contributed by atoms with Crippen molar-refractivity contribution in [2.45, 2.75) is 38.3 Å². The van der Waals surface area contributed by atoms with Crippen LogP contribution in [0, 0.1) is 0 Å². The van der Waals surface area contributed by atoms with Crippen molar-refractivity contribution < 1.29 is 9.90 Å². The van der Waals surface area contributed by atoms with Gasteiger partial charge in [-0.3, -0.25) is 4.79 Å². The van der Waals surface area contributed by atoms with E-state index in [1.807, 2.05) is 6.07 Å². The number of fused-ring (bicyclic) bond motifs is 1. The number of pyridine rings is 1. The van der Waals surface area contributed by atoms with Gasteiger partial charge in [0.25, 0.3) is 5.91 Å². The van der Waals surface area contributed by atoms with Crippen LogP contribution in [-0.4, -0.2) is 49.5 Å². The molecule has 0 aliphatic heterocycles. The average Bonchev–Trinajstić information content (AvgIpc) is 3.35. The molecule has 146 valence electrons. The fraction of sp³-hybridized carbons (Fsp3) is 0.400. The van der Waals surface area contributed by atoms with Crippen molar-refractivity contribution >= 4 is 28.7 Å². The monoisotopic (exact) mass is 380 g/mol. The summed E-state index contributed by atoms with van der Waals surface area (Å²) in [7, 11) is 3.53. The van der Waals surface area contributed by atoms with E-state index in [0.29, 0.717) is 17.5 Å². The van der Waals surface area contributed by atoms with Crippen LogP contribution in [0.5, 0.6) is 0 Å². The predicted molar refractivity (Wildman–Crippen MR) is 106 cm³/mol. The molecule has 28 heavy (non-hydrogen) atoms. The number of amides is 1. The van der Waals surface area contributed by atoms with Crippen LogP contribution in [0.2, 0.25) is 0 Å². The first-order valence-electron chi connectivity index (χ1n) is 9.49. The lowest BCUT2D eigenvalue weighted by molar-refractivity contribution is 0.0815. The van der Waals surface area contributed by atoms with Gasteiger partial charge in [-0.05, 0) is 30.5 Å². The van der Waals surface area contributed by atoms with Crippen molar-refractivity contribution in [3.05, 3.63) is 41.9 Å². The quantitative estimate of drug-likeness (QED) is 0.707. The molecule has 0 atom stereocenters. The van der Waals surface area contributed by atoms with Crippen LogP contribution < -0.4 is 5.32 Å². The lowest BCUT2D eigenvalue weighted by Gasteiger charge is -2.19. The van der Waals surface area contributed by atoms with Crippen molar-refractivity contribution in [3.8, 4) is 0 Å². The van der Waals surface area contributed by atoms with Crippen LogP contribution in [0.4, 0.5) is 11.8 Å². The van der Waals surface area contributed by atoms with Crippen molar-refractivity contribution in [1.29, 1.82) is 0 Å². The van der Waals surface area contributed by atoms with E-state index in [4.69, 9.17) is 10.1 Å². The van der Waals surface area contributed by atoms with Crippen LogP contribution in [0.25, 0.3) is 11.0 Å². The molecule has 0 spiro atoms. The van der Waals surface area contributed by atoms with Crippen LogP contribution >= 0.6 is 0 Å². The number of hydrogen-bond donors (Lipinski definition) is 2. The lowest BCUT2D eigenvalue weighted by Crippen LogP contribution is -2.25. The molecule has 1 saturated carbocycles. The van der Waals surface area contributed by atoms with Crippen molar-refractivity contribution in [3.63, 3.8) is 0 Å². The zero-order valence-corrected chi connectivity index (χ0v) is 16.1. The highest BCUT2D eigenvalue weighted by Crippen LogP contribution is 2.34. The van der Waals surface area contributed by atoms with Gasteiger partial charge in [-0.15, -0.1) is 0 Å². The Morgan fingerprint density at radius 1 is 1.25 bits per heavy atom. The fourth-order valence-corrected chi connectivity index (χ4v) is 3.70. The maximum atomic E-state index is 12.7. The number of anilines is 2. The molecule has 3 aromatic rings. The smallest absolute Gasteiger partial charge is 0.270 e. The third-order valence-corrected chi connectivity index (χ3v) is 5.14. The Hall–Kier alpha value is -3.00. The molecule has 2 N–H and O–H groups in total. The molecule has 0 radical (unpaired) electrons. The summed E-state index contributed by atoms with van der Waals surface area (Å²) in [4.78, 5) is 27.7. The summed E-state index contributed by atoms with van der Waals surface area (Å²) in [5.41, 5.74) is 2.16. The Bertz CT molecular complexity index is 990. The second-order valence-corrected chi connectivity index (χ2v) is 7.34. The second kappa shape index (κ2) is 7.55. The third-order valence-electron chi connectivity index (χ3n) is 5.14. The molecule has 0 aromatic carbocycles.